The smallest absolute Gasteiger partial charge is 0.337 e. The highest BCUT2D eigenvalue weighted by Gasteiger charge is 2.30. The van der Waals surface area contributed by atoms with Crippen LogP contribution in [0.4, 0.5) is 13.2 Å². The second-order valence-electron chi connectivity index (χ2n) is 7.62. The van der Waals surface area contributed by atoms with Crippen LogP contribution in [0.3, 0.4) is 0 Å². The summed E-state index contributed by atoms with van der Waals surface area (Å²) in [7, 11) is 0. The number of fused-ring (bicyclic) bond motifs is 1. The minimum atomic E-state index is -4.46. The van der Waals surface area contributed by atoms with E-state index < -0.39 is 17.3 Å². The lowest BCUT2D eigenvalue weighted by molar-refractivity contribution is -0.137. The molecule has 0 saturated carbocycles. The van der Waals surface area contributed by atoms with E-state index in [1.807, 2.05) is 31.2 Å². The van der Waals surface area contributed by atoms with Gasteiger partial charge in [-0.05, 0) is 30.2 Å². The number of aryl methyl sites for hydroxylation is 1. The summed E-state index contributed by atoms with van der Waals surface area (Å²) in [5.41, 5.74) is 1.02. The number of alkyl halides is 3. The van der Waals surface area contributed by atoms with Gasteiger partial charge in [0.25, 0.3) is 5.56 Å². The Morgan fingerprint density at radius 2 is 1.88 bits per heavy atom. The Morgan fingerprint density at radius 1 is 1.06 bits per heavy atom. The largest absolute Gasteiger partial charge is 0.416 e. The van der Waals surface area contributed by atoms with Gasteiger partial charge in [-0.2, -0.15) is 18.2 Å². The Bertz CT molecular complexity index is 1550. The SMILES string of the molecule is Cc1ccccc1-c1noc(Cn2cnc3c(nnn3Cc3cccc(C(F)(F)F)c3)c2=O)n1. The van der Waals surface area contributed by atoms with Crippen LogP contribution in [0.25, 0.3) is 22.6 Å². The van der Waals surface area contributed by atoms with Gasteiger partial charge in [-0.3, -0.25) is 9.36 Å². The maximum Gasteiger partial charge on any atom is 0.416 e. The van der Waals surface area contributed by atoms with Crippen molar-refractivity contribution >= 4 is 11.2 Å². The third-order valence-corrected chi connectivity index (χ3v) is 5.24. The fourth-order valence-corrected chi connectivity index (χ4v) is 3.52. The maximum atomic E-state index is 13.0. The van der Waals surface area contributed by atoms with Crippen molar-refractivity contribution < 1.29 is 17.7 Å². The van der Waals surface area contributed by atoms with Crippen molar-refractivity contribution in [1.82, 2.24) is 34.7 Å². The lowest BCUT2D eigenvalue weighted by Crippen LogP contribution is -2.21. The minimum Gasteiger partial charge on any atom is -0.337 e. The minimum absolute atomic E-state index is 0.0203. The first kappa shape index (κ1) is 21.5. The van der Waals surface area contributed by atoms with E-state index in [-0.39, 0.29) is 30.1 Å². The van der Waals surface area contributed by atoms with Gasteiger partial charge in [-0.25, -0.2) is 9.67 Å². The van der Waals surface area contributed by atoms with Gasteiger partial charge in [0, 0.05) is 5.56 Å². The summed E-state index contributed by atoms with van der Waals surface area (Å²) in [6.07, 6.45) is -3.17. The zero-order valence-corrected chi connectivity index (χ0v) is 17.7. The van der Waals surface area contributed by atoms with Crippen molar-refractivity contribution in [1.29, 1.82) is 0 Å². The maximum absolute atomic E-state index is 13.0. The number of nitrogens with zero attached hydrogens (tertiary/aromatic N) is 7. The molecule has 0 radical (unpaired) electrons. The number of rotatable bonds is 5. The molecule has 0 aliphatic carbocycles. The van der Waals surface area contributed by atoms with Gasteiger partial charge >= 0.3 is 6.18 Å². The fourth-order valence-electron chi connectivity index (χ4n) is 3.52. The highest BCUT2D eigenvalue weighted by atomic mass is 19.4. The van der Waals surface area contributed by atoms with Crippen LogP contribution in [0.15, 0.2) is 64.2 Å². The molecule has 0 spiro atoms. The number of hydrogen-bond donors (Lipinski definition) is 0. The van der Waals surface area contributed by atoms with Gasteiger partial charge in [0.15, 0.2) is 11.2 Å². The van der Waals surface area contributed by atoms with Gasteiger partial charge in [-0.1, -0.05) is 46.8 Å². The molecule has 5 rings (SSSR count). The topological polar surface area (TPSA) is 105 Å². The lowest BCUT2D eigenvalue weighted by atomic mass is 10.1. The second-order valence-corrected chi connectivity index (χ2v) is 7.62. The van der Waals surface area contributed by atoms with Gasteiger partial charge < -0.3 is 4.52 Å². The molecule has 0 fully saturated rings. The molecule has 0 saturated heterocycles. The van der Waals surface area contributed by atoms with E-state index in [0.29, 0.717) is 11.4 Å². The Hall–Kier alpha value is -4.35. The summed E-state index contributed by atoms with van der Waals surface area (Å²) in [6.45, 7) is 1.87. The fraction of sp³-hybridized carbons (Fsp3) is 0.182. The molecule has 34 heavy (non-hydrogen) atoms. The molecule has 0 atom stereocenters. The van der Waals surface area contributed by atoms with Crippen molar-refractivity contribution in [3.05, 3.63) is 87.8 Å². The number of aromatic nitrogens is 7. The molecule has 0 amide bonds. The Kier molecular flexibility index (Phi) is 5.19. The van der Waals surface area contributed by atoms with Crippen LogP contribution in [0.1, 0.15) is 22.6 Å². The predicted molar refractivity (Wildman–Crippen MR) is 114 cm³/mol. The van der Waals surface area contributed by atoms with Gasteiger partial charge in [-0.15, -0.1) is 5.10 Å². The van der Waals surface area contributed by atoms with Gasteiger partial charge in [0.1, 0.15) is 12.9 Å². The first-order chi connectivity index (χ1) is 16.3. The van der Waals surface area contributed by atoms with E-state index >= 15 is 0 Å². The summed E-state index contributed by atoms with van der Waals surface area (Å²) in [5, 5.41) is 11.8. The Labute approximate surface area is 189 Å². The molecule has 0 bridgehead atoms. The van der Waals surface area contributed by atoms with Crippen molar-refractivity contribution in [3.8, 4) is 11.4 Å². The average Bonchev–Trinajstić information content (AvgIpc) is 3.43. The average molecular weight is 467 g/mol. The first-order valence-corrected chi connectivity index (χ1v) is 10.1. The molecule has 0 aliphatic rings. The van der Waals surface area contributed by atoms with Crippen molar-refractivity contribution in [2.75, 3.05) is 0 Å². The van der Waals surface area contributed by atoms with Crippen molar-refractivity contribution in [2.45, 2.75) is 26.2 Å². The van der Waals surface area contributed by atoms with E-state index in [2.05, 4.69) is 25.4 Å². The predicted octanol–water partition coefficient (Wildman–Crippen LogP) is 3.46. The van der Waals surface area contributed by atoms with E-state index in [9.17, 15) is 18.0 Å². The molecule has 172 valence electrons. The quantitative estimate of drug-likeness (QED) is 0.390. The highest BCUT2D eigenvalue weighted by molar-refractivity contribution is 5.67. The van der Waals surface area contributed by atoms with E-state index in [0.717, 1.165) is 23.3 Å². The van der Waals surface area contributed by atoms with Crippen LogP contribution in [-0.2, 0) is 19.3 Å². The molecule has 2 aromatic carbocycles. The van der Waals surface area contributed by atoms with Crippen LogP contribution in [0, 0.1) is 6.92 Å². The standard InChI is InChI=1S/C22H16F3N7O2/c1-13-5-2-3-8-16(13)19-27-17(34-29-19)11-31-12-26-20-18(21(31)33)28-30-32(20)10-14-6-4-7-15(9-14)22(23,24)25/h2-9,12H,10-11H2,1H3. The summed E-state index contributed by atoms with van der Waals surface area (Å²) >= 11 is 0. The molecular formula is C22H16F3N7O2. The van der Waals surface area contributed by atoms with Crippen LogP contribution < -0.4 is 5.56 Å². The van der Waals surface area contributed by atoms with Crippen molar-refractivity contribution in [2.24, 2.45) is 0 Å². The molecule has 5 aromatic rings. The summed E-state index contributed by atoms with van der Waals surface area (Å²) in [5.74, 6) is 0.611. The van der Waals surface area contributed by atoms with Crippen molar-refractivity contribution in [3.63, 3.8) is 0 Å². The monoisotopic (exact) mass is 467 g/mol. The second kappa shape index (κ2) is 8.21. The normalized spacial score (nSPS) is 11.9. The third-order valence-electron chi connectivity index (χ3n) is 5.24. The first-order valence-electron chi connectivity index (χ1n) is 10.1. The van der Waals surface area contributed by atoms with Crippen LogP contribution in [0.2, 0.25) is 0 Å². The summed E-state index contributed by atoms with van der Waals surface area (Å²) < 4.78 is 46.8. The van der Waals surface area contributed by atoms with E-state index in [4.69, 9.17) is 4.52 Å². The van der Waals surface area contributed by atoms with Gasteiger partial charge in [0.05, 0.1) is 12.1 Å². The number of hydrogen-bond acceptors (Lipinski definition) is 7. The van der Waals surface area contributed by atoms with Crippen LogP contribution in [0.5, 0.6) is 0 Å². The molecule has 0 aliphatic heterocycles. The Morgan fingerprint density at radius 3 is 2.68 bits per heavy atom. The van der Waals surface area contributed by atoms with Crippen LogP contribution >= 0.6 is 0 Å². The summed E-state index contributed by atoms with van der Waals surface area (Å²) in [6, 6.07) is 12.4. The van der Waals surface area contributed by atoms with E-state index in [1.54, 1.807) is 0 Å². The highest BCUT2D eigenvalue weighted by Crippen LogP contribution is 2.29. The third kappa shape index (κ3) is 4.05. The molecule has 3 aromatic heterocycles. The van der Waals surface area contributed by atoms with Gasteiger partial charge in [0.2, 0.25) is 11.7 Å². The zero-order chi connectivity index (χ0) is 23.9. The molecule has 0 unspecified atom stereocenters. The molecular weight excluding hydrogens is 451 g/mol. The number of benzene rings is 2. The lowest BCUT2D eigenvalue weighted by Gasteiger charge is -2.08. The molecule has 9 nitrogen and oxygen atoms in total. The number of halogens is 3. The van der Waals surface area contributed by atoms with Crippen LogP contribution in [-0.4, -0.2) is 34.7 Å². The molecule has 12 heteroatoms. The molecule has 3 heterocycles. The Balaban J connectivity index is 1.41. The summed E-state index contributed by atoms with van der Waals surface area (Å²) in [4.78, 5) is 21.5. The molecule has 0 N–H and O–H groups in total. The van der Waals surface area contributed by atoms with E-state index in [1.165, 1.54) is 27.7 Å². The zero-order valence-electron chi connectivity index (χ0n) is 17.7.